The zero-order valence-corrected chi connectivity index (χ0v) is 20.6. The molecule has 0 atom stereocenters. The maximum Gasteiger partial charge on any atom is 0.276 e. The normalized spacial score (nSPS) is 10.2. The molecular formula is C23H28BrN3O4S. The fourth-order valence-electron chi connectivity index (χ4n) is 2.62. The minimum absolute atomic E-state index is 0.0361. The Hall–Kier alpha value is -2.65. The van der Waals surface area contributed by atoms with Gasteiger partial charge in [-0.15, -0.1) is 0 Å². The van der Waals surface area contributed by atoms with E-state index >= 15 is 0 Å². The van der Waals surface area contributed by atoms with Crippen LogP contribution in [0.3, 0.4) is 0 Å². The molecule has 0 aromatic heterocycles. The molecule has 0 heterocycles. The number of hydrazine groups is 1. The van der Waals surface area contributed by atoms with Gasteiger partial charge >= 0.3 is 0 Å². The van der Waals surface area contributed by atoms with Crippen molar-refractivity contribution in [1.82, 2.24) is 16.2 Å². The fraction of sp³-hybridized carbons (Fsp3) is 0.348. The van der Waals surface area contributed by atoms with E-state index in [2.05, 4.69) is 39.0 Å². The molecule has 172 valence electrons. The van der Waals surface area contributed by atoms with Crippen LogP contribution in [0, 0.1) is 6.92 Å². The van der Waals surface area contributed by atoms with Gasteiger partial charge in [0.05, 0.1) is 11.1 Å². The van der Waals surface area contributed by atoms with Crippen molar-refractivity contribution in [2.24, 2.45) is 0 Å². The number of unbranched alkanes of at least 4 members (excludes halogenated alkanes) is 3. The van der Waals surface area contributed by atoms with Crippen molar-refractivity contribution in [1.29, 1.82) is 0 Å². The maximum absolute atomic E-state index is 12.4. The molecule has 0 aliphatic heterocycles. The molecule has 0 spiro atoms. The summed E-state index contributed by atoms with van der Waals surface area (Å²) in [7, 11) is 0. The molecule has 0 saturated heterocycles. The van der Waals surface area contributed by atoms with Crippen molar-refractivity contribution in [3.8, 4) is 11.5 Å². The third kappa shape index (κ3) is 9.23. The van der Waals surface area contributed by atoms with Crippen molar-refractivity contribution < 1.29 is 19.1 Å². The summed E-state index contributed by atoms with van der Waals surface area (Å²) in [4.78, 5) is 24.3. The van der Waals surface area contributed by atoms with Crippen LogP contribution in [0.2, 0.25) is 0 Å². The van der Waals surface area contributed by atoms with Crippen LogP contribution in [0.5, 0.6) is 11.5 Å². The van der Waals surface area contributed by atoms with E-state index in [1.54, 1.807) is 30.3 Å². The number of amides is 2. The highest BCUT2D eigenvalue weighted by molar-refractivity contribution is 9.10. The van der Waals surface area contributed by atoms with Gasteiger partial charge in [-0.3, -0.25) is 25.8 Å². The second-order valence-corrected chi connectivity index (χ2v) is 8.38. The van der Waals surface area contributed by atoms with E-state index in [4.69, 9.17) is 21.7 Å². The highest BCUT2D eigenvalue weighted by Gasteiger charge is 2.12. The molecule has 2 aromatic rings. The first-order chi connectivity index (χ1) is 15.4. The first kappa shape index (κ1) is 25.6. The molecular weight excluding hydrogens is 494 g/mol. The monoisotopic (exact) mass is 521 g/mol. The van der Waals surface area contributed by atoms with Crippen LogP contribution in [0.1, 0.15) is 48.5 Å². The number of rotatable bonds is 10. The van der Waals surface area contributed by atoms with E-state index in [0.29, 0.717) is 28.1 Å². The molecule has 2 rings (SSSR count). The summed E-state index contributed by atoms with van der Waals surface area (Å²) in [5.41, 5.74) is 6.36. The summed E-state index contributed by atoms with van der Waals surface area (Å²) in [6.45, 7) is 4.56. The SMILES string of the molecule is CCCCCCOc1ccc(C(=O)NC(=S)NNC(=O)COc2ccc(C)cc2)cc1Br. The molecule has 32 heavy (non-hydrogen) atoms. The van der Waals surface area contributed by atoms with Crippen molar-refractivity contribution in [3.63, 3.8) is 0 Å². The summed E-state index contributed by atoms with van der Waals surface area (Å²) in [5.74, 6) is 0.411. The summed E-state index contributed by atoms with van der Waals surface area (Å²) in [5, 5.41) is 2.47. The van der Waals surface area contributed by atoms with Gasteiger partial charge < -0.3 is 9.47 Å². The molecule has 0 aliphatic carbocycles. The Morgan fingerprint density at radius 3 is 2.44 bits per heavy atom. The molecule has 0 radical (unpaired) electrons. The highest BCUT2D eigenvalue weighted by atomic mass is 79.9. The molecule has 0 saturated carbocycles. The minimum Gasteiger partial charge on any atom is -0.492 e. The van der Waals surface area contributed by atoms with Crippen LogP contribution in [-0.4, -0.2) is 30.1 Å². The van der Waals surface area contributed by atoms with Gasteiger partial charge in [-0.25, -0.2) is 0 Å². The van der Waals surface area contributed by atoms with Crippen LogP contribution in [0.25, 0.3) is 0 Å². The second kappa shape index (κ2) is 13.7. The molecule has 7 nitrogen and oxygen atoms in total. The van der Waals surface area contributed by atoms with Gasteiger partial charge in [0.15, 0.2) is 11.7 Å². The van der Waals surface area contributed by atoms with Crippen molar-refractivity contribution in [2.75, 3.05) is 13.2 Å². The van der Waals surface area contributed by atoms with Gasteiger partial charge in [0.2, 0.25) is 0 Å². The van der Waals surface area contributed by atoms with Crippen molar-refractivity contribution >= 4 is 45.1 Å². The standard InChI is InChI=1S/C23H28BrN3O4S/c1-3-4-5-6-13-30-20-12-9-17(14-19(20)24)22(29)25-23(32)27-26-21(28)15-31-18-10-7-16(2)8-11-18/h7-12,14H,3-6,13,15H2,1-2H3,(H,26,28)(H2,25,27,29,32). The van der Waals surface area contributed by atoms with Crippen LogP contribution >= 0.6 is 28.1 Å². The van der Waals surface area contributed by atoms with E-state index in [0.717, 1.165) is 18.4 Å². The van der Waals surface area contributed by atoms with Gasteiger partial charge in [-0.2, -0.15) is 0 Å². The number of benzene rings is 2. The van der Waals surface area contributed by atoms with E-state index in [9.17, 15) is 9.59 Å². The van der Waals surface area contributed by atoms with Crippen molar-refractivity contribution in [3.05, 3.63) is 58.1 Å². The fourth-order valence-corrected chi connectivity index (χ4v) is 3.26. The zero-order chi connectivity index (χ0) is 23.3. The third-order valence-corrected chi connectivity index (χ3v) is 5.21. The molecule has 0 aliphatic rings. The van der Waals surface area contributed by atoms with E-state index < -0.39 is 11.8 Å². The molecule has 0 unspecified atom stereocenters. The quantitative estimate of drug-likeness (QED) is 0.243. The van der Waals surface area contributed by atoms with Crippen molar-refractivity contribution in [2.45, 2.75) is 39.5 Å². The van der Waals surface area contributed by atoms with Crippen LogP contribution in [0.4, 0.5) is 0 Å². The molecule has 2 aromatic carbocycles. The lowest BCUT2D eigenvalue weighted by Crippen LogP contribution is -2.49. The molecule has 0 fully saturated rings. The molecule has 2 amide bonds. The number of hydrogen-bond donors (Lipinski definition) is 3. The summed E-state index contributed by atoms with van der Waals surface area (Å²) in [6, 6.07) is 12.4. The molecule has 0 bridgehead atoms. The van der Waals surface area contributed by atoms with E-state index in [1.165, 1.54) is 12.8 Å². The second-order valence-electron chi connectivity index (χ2n) is 7.11. The first-order valence-electron chi connectivity index (χ1n) is 10.4. The predicted octanol–water partition coefficient (Wildman–Crippen LogP) is 4.43. The Bertz CT molecular complexity index is 922. The smallest absolute Gasteiger partial charge is 0.276 e. The van der Waals surface area contributed by atoms with Gasteiger partial charge in [0.25, 0.3) is 11.8 Å². The van der Waals surface area contributed by atoms with Gasteiger partial charge in [0.1, 0.15) is 11.5 Å². The number of hydrogen-bond acceptors (Lipinski definition) is 5. The zero-order valence-electron chi connectivity index (χ0n) is 18.2. The highest BCUT2D eigenvalue weighted by Crippen LogP contribution is 2.26. The Morgan fingerprint density at radius 1 is 1.00 bits per heavy atom. The van der Waals surface area contributed by atoms with Gasteiger partial charge in [-0.1, -0.05) is 43.9 Å². The number of aryl methyl sites for hydroxylation is 1. The topological polar surface area (TPSA) is 88.7 Å². The lowest BCUT2D eigenvalue weighted by Gasteiger charge is -2.12. The number of carbonyl (C=O) groups is 2. The van der Waals surface area contributed by atoms with Crippen LogP contribution in [0.15, 0.2) is 46.9 Å². The van der Waals surface area contributed by atoms with E-state index in [-0.39, 0.29) is 11.7 Å². The number of halogens is 1. The Balaban J connectivity index is 1.73. The summed E-state index contributed by atoms with van der Waals surface area (Å²) < 4.78 is 11.8. The maximum atomic E-state index is 12.4. The summed E-state index contributed by atoms with van der Waals surface area (Å²) >= 11 is 8.49. The van der Waals surface area contributed by atoms with Gasteiger partial charge in [-0.05, 0) is 71.8 Å². The molecule has 3 N–H and O–H groups in total. The number of thiocarbonyl (C=S) groups is 1. The average Bonchev–Trinajstić information content (AvgIpc) is 2.78. The number of ether oxygens (including phenoxy) is 2. The minimum atomic E-state index is -0.439. The van der Waals surface area contributed by atoms with Gasteiger partial charge in [0, 0.05) is 5.56 Å². The lowest BCUT2D eigenvalue weighted by molar-refractivity contribution is -0.123. The average molecular weight is 522 g/mol. The Morgan fingerprint density at radius 2 is 1.75 bits per heavy atom. The van der Waals surface area contributed by atoms with Crippen LogP contribution < -0.4 is 25.6 Å². The lowest BCUT2D eigenvalue weighted by atomic mass is 10.2. The third-order valence-electron chi connectivity index (χ3n) is 4.38. The number of carbonyl (C=O) groups excluding carboxylic acids is 2. The summed E-state index contributed by atoms with van der Waals surface area (Å²) in [6.07, 6.45) is 4.49. The predicted molar refractivity (Wildman–Crippen MR) is 132 cm³/mol. The number of nitrogens with one attached hydrogen (secondary N) is 3. The largest absolute Gasteiger partial charge is 0.492 e. The van der Waals surface area contributed by atoms with E-state index in [1.807, 2.05) is 19.1 Å². The first-order valence-corrected chi connectivity index (χ1v) is 11.6. The Labute approximate surface area is 202 Å². The van der Waals surface area contributed by atoms with Crippen LogP contribution in [-0.2, 0) is 4.79 Å². The Kier molecular flexibility index (Phi) is 11.0. The molecule has 9 heteroatoms.